The van der Waals surface area contributed by atoms with Gasteiger partial charge in [0.1, 0.15) is 0 Å². The molecule has 0 saturated carbocycles. The molecule has 0 fully saturated rings. The third-order valence-electron chi connectivity index (χ3n) is 2.23. The van der Waals surface area contributed by atoms with Gasteiger partial charge in [-0.3, -0.25) is 0 Å². The molecule has 0 aromatic heterocycles. The Kier molecular flexibility index (Phi) is 7.30. The third-order valence-corrected chi connectivity index (χ3v) is 4.08. The van der Waals surface area contributed by atoms with Crippen LogP contribution in [0.1, 0.15) is 33.1 Å². The van der Waals surface area contributed by atoms with E-state index < -0.39 is 15.3 Å². The molecule has 0 bridgehead atoms. The summed E-state index contributed by atoms with van der Waals surface area (Å²) in [6, 6.07) is 1.54. The van der Waals surface area contributed by atoms with Gasteiger partial charge in [-0.1, -0.05) is 20.3 Å². The maximum Gasteiger partial charge on any atom is 0.228 e. The van der Waals surface area contributed by atoms with Crippen LogP contribution in [0.5, 0.6) is 0 Å². The van der Waals surface area contributed by atoms with Gasteiger partial charge in [-0.25, -0.2) is 13.1 Å². The van der Waals surface area contributed by atoms with E-state index in [1.54, 1.807) is 13.0 Å². The Balaban J connectivity index is 4.59. The number of nitrogens with zero attached hydrogens (tertiary/aromatic N) is 1. The molecule has 94 valence electrons. The van der Waals surface area contributed by atoms with Crippen molar-refractivity contribution in [1.29, 1.82) is 5.26 Å². The summed E-state index contributed by atoms with van der Waals surface area (Å²) in [6.07, 6.45) is 1.85. The molecule has 2 unspecified atom stereocenters. The largest absolute Gasteiger partial charge is 0.383 e. The van der Waals surface area contributed by atoms with Crippen molar-refractivity contribution >= 4 is 10.0 Å². The van der Waals surface area contributed by atoms with Crippen molar-refractivity contribution in [3.05, 3.63) is 0 Å². The minimum Gasteiger partial charge on any atom is -0.383 e. The predicted molar refractivity (Wildman–Crippen MR) is 62.3 cm³/mol. The molecule has 0 radical (unpaired) electrons. The van der Waals surface area contributed by atoms with E-state index in [1.807, 2.05) is 6.92 Å². The molecule has 5 nitrogen and oxygen atoms in total. The Bertz CT molecular complexity index is 315. The fraction of sp³-hybridized carbons (Fsp3) is 0.900. The van der Waals surface area contributed by atoms with E-state index >= 15 is 0 Å². The Hall–Kier alpha value is -0.640. The van der Waals surface area contributed by atoms with E-state index in [-0.39, 0.29) is 12.5 Å². The van der Waals surface area contributed by atoms with Crippen molar-refractivity contribution in [1.82, 2.24) is 4.72 Å². The molecule has 0 aliphatic heterocycles. The van der Waals surface area contributed by atoms with Gasteiger partial charge in [-0.2, -0.15) is 5.26 Å². The zero-order chi connectivity index (χ0) is 12.6. The van der Waals surface area contributed by atoms with Crippen LogP contribution in [-0.4, -0.2) is 33.4 Å². The van der Waals surface area contributed by atoms with Gasteiger partial charge in [0.15, 0.2) is 5.25 Å². The van der Waals surface area contributed by atoms with Gasteiger partial charge in [0.25, 0.3) is 0 Å². The molecular weight excluding hydrogens is 228 g/mol. The second-order valence-electron chi connectivity index (χ2n) is 3.63. The molecule has 6 heteroatoms. The maximum absolute atomic E-state index is 11.8. The standard InChI is InChI=1S/C10H20N2O3S/c1-4-6-9(8-15-3)12-16(13,14)10(5-2)7-11/h9-10,12H,4-6,8H2,1-3H3. The van der Waals surface area contributed by atoms with Crippen LogP contribution in [-0.2, 0) is 14.8 Å². The molecule has 0 aromatic rings. The highest BCUT2D eigenvalue weighted by Crippen LogP contribution is 2.06. The first kappa shape index (κ1) is 15.4. The molecule has 0 aliphatic rings. The first-order valence-electron chi connectivity index (χ1n) is 5.41. The number of hydrogen-bond donors (Lipinski definition) is 1. The van der Waals surface area contributed by atoms with E-state index in [4.69, 9.17) is 10.00 Å². The molecule has 0 rings (SSSR count). The number of rotatable bonds is 8. The minimum atomic E-state index is -3.56. The predicted octanol–water partition coefficient (Wildman–Crippen LogP) is 1.02. The van der Waals surface area contributed by atoms with Crippen LogP contribution >= 0.6 is 0 Å². The SMILES string of the molecule is CCCC(COC)NS(=O)(=O)C(C#N)CC. The van der Waals surface area contributed by atoms with Crippen molar-refractivity contribution in [3.8, 4) is 6.07 Å². The van der Waals surface area contributed by atoms with Gasteiger partial charge in [0, 0.05) is 13.2 Å². The number of nitriles is 1. The van der Waals surface area contributed by atoms with Crippen LogP contribution in [0.25, 0.3) is 0 Å². The minimum absolute atomic E-state index is 0.248. The zero-order valence-electron chi connectivity index (χ0n) is 10.1. The number of sulfonamides is 1. The number of nitrogens with one attached hydrogen (secondary N) is 1. The average Bonchev–Trinajstić information content (AvgIpc) is 2.19. The highest BCUT2D eigenvalue weighted by molar-refractivity contribution is 7.90. The molecule has 2 atom stereocenters. The van der Waals surface area contributed by atoms with Crippen LogP contribution in [0.3, 0.4) is 0 Å². The van der Waals surface area contributed by atoms with E-state index in [2.05, 4.69) is 4.72 Å². The average molecular weight is 248 g/mol. The number of hydrogen-bond acceptors (Lipinski definition) is 4. The first-order chi connectivity index (χ1) is 7.51. The Morgan fingerprint density at radius 2 is 2.06 bits per heavy atom. The van der Waals surface area contributed by atoms with Gasteiger partial charge in [0.05, 0.1) is 12.7 Å². The van der Waals surface area contributed by atoms with Crippen molar-refractivity contribution in [3.63, 3.8) is 0 Å². The van der Waals surface area contributed by atoms with Crippen molar-refractivity contribution in [2.75, 3.05) is 13.7 Å². The molecule has 0 aliphatic carbocycles. The Morgan fingerprint density at radius 1 is 1.44 bits per heavy atom. The lowest BCUT2D eigenvalue weighted by molar-refractivity contribution is 0.171. The molecular formula is C10H20N2O3S. The summed E-state index contributed by atoms with van der Waals surface area (Å²) in [7, 11) is -2.03. The Labute approximate surface area is 97.8 Å². The summed E-state index contributed by atoms with van der Waals surface area (Å²) >= 11 is 0. The van der Waals surface area contributed by atoms with Crippen LogP contribution in [0.15, 0.2) is 0 Å². The molecule has 0 saturated heterocycles. The normalized spacial score (nSPS) is 15.4. The van der Waals surface area contributed by atoms with E-state index in [0.29, 0.717) is 13.0 Å². The highest BCUT2D eigenvalue weighted by Gasteiger charge is 2.26. The Morgan fingerprint density at radius 3 is 2.44 bits per heavy atom. The summed E-state index contributed by atoms with van der Waals surface area (Å²) < 4.78 is 31.0. The lowest BCUT2D eigenvalue weighted by Crippen LogP contribution is -2.42. The zero-order valence-corrected chi connectivity index (χ0v) is 10.9. The summed E-state index contributed by atoms with van der Waals surface area (Å²) in [5.74, 6) is 0. The number of methoxy groups -OCH3 is 1. The van der Waals surface area contributed by atoms with Crippen LogP contribution in [0.4, 0.5) is 0 Å². The summed E-state index contributed by atoms with van der Waals surface area (Å²) in [6.45, 7) is 3.98. The summed E-state index contributed by atoms with van der Waals surface area (Å²) in [4.78, 5) is 0. The maximum atomic E-state index is 11.8. The summed E-state index contributed by atoms with van der Waals surface area (Å²) in [5, 5.41) is 7.75. The molecule has 0 amide bonds. The van der Waals surface area contributed by atoms with E-state index in [0.717, 1.165) is 6.42 Å². The fourth-order valence-corrected chi connectivity index (χ4v) is 2.81. The molecule has 16 heavy (non-hydrogen) atoms. The van der Waals surface area contributed by atoms with Crippen molar-refractivity contribution < 1.29 is 13.2 Å². The highest BCUT2D eigenvalue weighted by atomic mass is 32.2. The summed E-state index contributed by atoms with van der Waals surface area (Å²) in [5.41, 5.74) is 0. The van der Waals surface area contributed by atoms with E-state index in [1.165, 1.54) is 7.11 Å². The van der Waals surface area contributed by atoms with E-state index in [9.17, 15) is 8.42 Å². The molecule has 0 aromatic carbocycles. The molecule has 0 spiro atoms. The van der Waals surface area contributed by atoms with Crippen molar-refractivity contribution in [2.45, 2.75) is 44.4 Å². The molecule has 0 heterocycles. The fourth-order valence-electron chi connectivity index (χ4n) is 1.42. The topological polar surface area (TPSA) is 79.2 Å². The first-order valence-corrected chi connectivity index (χ1v) is 6.96. The van der Waals surface area contributed by atoms with Gasteiger partial charge < -0.3 is 4.74 Å². The van der Waals surface area contributed by atoms with Gasteiger partial charge >= 0.3 is 0 Å². The lowest BCUT2D eigenvalue weighted by Gasteiger charge is -2.18. The van der Waals surface area contributed by atoms with Gasteiger partial charge in [0.2, 0.25) is 10.0 Å². The number of ether oxygens (including phenoxy) is 1. The van der Waals surface area contributed by atoms with Gasteiger partial charge in [-0.05, 0) is 12.8 Å². The van der Waals surface area contributed by atoms with Crippen LogP contribution in [0, 0.1) is 11.3 Å². The van der Waals surface area contributed by atoms with Gasteiger partial charge in [-0.15, -0.1) is 0 Å². The van der Waals surface area contributed by atoms with Crippen LogP contribution < -0.4 is 4.72 Å². The lowest BCUT2D eigenvalue weighted by atomic mass is 10.2. The molecule has 1 N–H and O–H groups in total. The monoisotopic (exact) mass is 248 g/mol. The van der Waals surface area contributed by atoms with Crippen LogP contribution in [0.2, 0.25) is 0 Å². The second-order valence-corrected chi connectivity index (χ2v) is 5.52. The quantitative estimate of drug-likeness (QED) is 0.695. The third kappa shape index (κ3) is 4.92. The second kappa shape index (κ2) is 7.60. The van der Waals surface area contributed by atoms with Crippen molar-refractivity contribution in [2.24, 2.45) is 0 Å². The smallest absolute Gasteiger partial charge is 0.228 e.